The maximum atomic E-state index is 10.3. The molecule has 0 aliphatic carbocycles. The second-order valence-electron chi connectivity index (χ2n) is 8.85. The van der Waals surface area contributed by atoms with E-state index in [-0.39, 0.29) is 13.0 Å². The van der Waals surface area contributed by atoms with E-state index in [0.717, 1.165) is 13.1 Å². The Morgan fingerprint density at radius 2 is 0.591 bits per heavy atom. The summed E-state index contributed by atoms with van der Waals surface area (Å²) in [6.45, 7) is 15.7. The highest BCUT2D eigenvalue weighted by molar-refractivity contribution is 5.66. The predicted octanol–water partition coefficient (Wildman–Crippen LogP) is 0.270. The maximum Gasteiger partial charge on any atom is 0.305 e. The fraction of sp³-hybridized carbons (Fsp3) is 0.966. The molecule has 0 saturated heterocycles. The van der Waals surface area contributed by atoms with Crippen molar-refractivity contribution in [2.45, 2.75) is 13.3 Å². The maximum absolute atomic E-state index is 10.3. The standard InChI is InChI=1S/C29H59NO14/c1-2-30-4-6-34-8-10-36-12-14-38-16-18-40-20-22-42-24-26-44-28-27-43-25-23-41-21-19-39-17-15-37-13-11-35-9-7-33-5-3-29(31)32/h30H,2-28H2,1H3,(H,31,32). The molecule has 0 radical (unpaired) electrons. The van der Waals surface area contributed by atoms with E-state index in [1.807, 2.05) is 0 Å². The highest BCUT2D eigenvalue weighted by atomic mass is 16.6. The van der Waals surface area contributed by atoms with Crippen LogP contribution in [0.15, 0.2) is 0 Å². The average Bonchev–Trinajstić information content (AvgIpc) is 3.02. The van der Waals surface area contributed by atoms with Crippen LogP contribution in [0.1, 0.15) is 13.3 Å². The molecule has 264 valence electrons. The number of hydrogen-bond acceptors (Lipinski definition) is 14. The Morgan fingerprint density at radius 3 is 0.795 bits per heavy atom. The molecule has 0 rings (SSSR count). The molecule has 0 aromatic heterocycles. The number of carboxylic acids is 1. The van der Waals surface area contributed by atoms with Crippen molar-refractivity contribution in [3.05, 3.63) is 0 Å². The molecule has 0 atom stereocenters. The van der Waals surface area contributed by atoms with E-state index in [1.54, 1.807) is 0 Å². The van der Waals surface area contributed by atoms with Crippen LogP contribution in [-0.4, -0.2) is 183 Å². The van der Waals surface area contributed by atoms with Crippen LogP contribution in [0, 0.1) is 0 Å². The number of ether oxygens (including phenoxy) is 12. The summed E-state index contributed by atoms with van der Waals surface area (Å²) in [5.74, 6) is -0.873. The first kappa shape index (κ1) is 43.0. The summed E-state index contributed by atoms with van der Waals surface area (Å²) in [4.78, 5) is 10.3. The third kappa shape index (κ3) is 41.0. The largest absolute Gasteiger partial charge is 0.481 e. The monoisotopic (exact) mass is 645 g/mol. The highest BCUT2D eigenvalue weighted by Crippen LogP contribution is 1.88. The number of aliphatic carboxylic acids is 1. The Balaban J connectivity index is 3.04. The first-order valence-electron chi connectivity index (χ1n) is 15.6. The molecule has 0 aromatic rings. The Hall–Kier alpha value is -1.05. The molecule has 0 fully saturated rings. The normalized spacial score (nSPS) is 11.5. The van der Waals surface area contributed by atoms with Crippen molar-refractivity contribution >= 4 is 5.97 Å². The van der Waals surface area contributed by atoms with E-state index in [1.165, 1.54) is 0 Å². The average molecular weight is 646 g/mol. The molecule has 0 amide bonds. The Kier molecular flexibility index (Phi) is 39.0. The lowest BCUT2D eigenvalue weighted by Crippen LogP contribution is -2.20. The predicted molar refractivity (Wildman–Crippen MR) is 161 cm³/mol. The Morgan fingerprint density at radius 1 is 0.386 bits per heavy atom. The minimum Gasteiger partial charge on any atom is -0.481 e. The molecule has 0 saturated carbocycles. The molecule has 44 heavy (non-hydrogen) atoms. The number of carbonyl (C=O) groups is 1. The van der Waals surface area contributed by atoms with Gasteiger partial charge < -0.3 is 67.3 Å². The number of likely N-dealkylation sites (N-methyl/N-ethyl adjacent to an activating group) is 1. The second-order valence-corrected chi connectivity index (χ2v) is 8.85. The first-order valence-corrected chi connectivity index (χ1v) is 15.6. The van der Waals surface area contributed by atoms with Gasteiger partial charge in [-0.05, 0) is 6.54 Å². The number of hydrogen-bond donors (Lipinski definition) is 2. The van der Waals surface area contributed by atoms with Gasteiger partial charge in [0.2, 0.25) is 0 Å². The van der Waals surface area contributed by atoms with Crippen LogP contribution in [0.3, 0.4) is 0 Å². The molecule has 0 spiro atoms. The molecule has 0 aromatic carbocycles. The number of carboxylic acid groups (broad SMARTS) is 1. The summed E-state index contributed by atoms with van der Waals surface area (Å²) in [5.41, 5.74) is 0. The SMILES string of the molecule is CCNCCOCCOCCOCCOCCOCCOCCOCCOCCOCCOCCOCCOCCC(=O)O. The fourth-order valence-electron chi connectivity index (χ4n) is 3.00. The van der Waals surface area contributed by atoms with Crippen LogP contribution in [0.25, 0.3) is 0 Å². The van der Waals surface area contributed by atoms with Gasteiger partial charge in [0.05, 0.1) is 165 Å². The van der Waals surface area contributed by atoms with Gasteiger partial charge >= 0.3 is 5.97 Å². The van der Waals surface area contributed by atoms with Crippen LogP contribution < -0.4 is 5.32 Å². The van der Waals surface area contributed by atoms with Gasteiger partial charge in [0.15, 0.2) is 0 Å². The van der Waals surface area contributed by atoms with Gasteiger partial charge in [-0.3, -0.25) is 4.79 Å². The van der Waals surface area contributed by atoms with Crippen molar-refractivity contribution in [3.63, 3.8) is 0 Å². The van der Waals surface area contributed by atoms with E-state index in [2.05, 4.69) is 12.2 Å². The lowest BCUT2D eigenvalue weighted by Gasteiger charge is -2.09. The zero-order valence-corrected chi connectivity index (χ0v) is 26.8. The smallest absolute Gasteiger partial charge is 0.305 e. The molecule has 15 heteroatoms. The fourth-order valence-corrected chi connectivity index (χ4v) is 3.00. The lowest BCUT2D eigenvalue weighted by molar-refractivity contribution is -0.138. The summed E-state index contributed by atoms with van der Waals surface area (Å²) < 4.78 is 64.8. The summed E-state index contributed by atoms with van der Waals surface area (Å²) in [5, 5.41) is 11.7. The number of nitrogens with one attached hydrogen (secondary N) is 1. The Labute approximate surface area is 263 Å². The van der Waals surface area contributed by atoms with Gasteiger partial charge in [-0.2, -0.15) is 0 Å². The van der Waals surface area contributed by atoms with E-state index in [4.69, 9.17) is 61.9 Å². The highest BCUT2D eigenvalue weighted by Gasteiger charge is 1.98. The molecular weight excluding hydrogens is 586 g/mol. The molecule has 0 bridgehead atoms. The third-order valence-corrected chi connectivity index (χ3v) is 5.23. The van der Waals surface area contributed by atoms with E-state index >= 15 is 0 Å². The van der Waals surface area contributed by atoms with Gasteiger partial charge in [0.1, 0.15) is 0 Å². The molecule has 0 heterocycles. The Bertz CT molecular complexity index is 550. The second kappa shape index (κ2) is 40.0. The quantitative estimate of drug-likeness (QED) is 0.0874. The van der Waals surface area contributed by atoms with Gasteiger partial charge in [-0.1, -0.05) is 6.92 Å². The molecule has 2 N–H and O–H groups in total. The van der Waals surface area contributed by atoms with Gasteiger partial charge in [-0.15, -0.1) is 0 Å². The van der Waals surface area contributed by atoms with Crippen molar-refractivity contribution in [2.24, 2.45) is 0 Å². The van der Waals surface area contributed by atoms with Crippen molar-refractivity contribution < 1.29 is 66.7 Å². The van der Waals surface area contributed by atoms with Crippen molar-refractivity contribution in [1.82, 2.24) is 5.32 Å². The minimum absolute atomic E-state index is 0.00151. The van der Waals surface area contributed by atoms with Gasteiger partial charge in [0, 0.05) is 6.54 Å². The summed E-state index contributed by atoms with van der Waals surface area (Å²) in [7, 11) is 0. The van der Waals surface area contributed by atoms with Gasteiger partial charge in [0.25, 0.3) is 0 Å². The van der Waals surface area contributed by atoms with Crippen LogP contribution in [0.4, 0.5) is 0 Å². The van der Waals surface area contributed by atoms with E-state index < -0.39 is 5.97 Å². The summed E-state index contributed by atoms with van der Waals surface area (Å²) in [6, 6.07) is 0. The van der Waals surface area contributed by atoms with E-state index in [0.29, 0.717) is 152 Å². The molecule has 0 unspecified atom stereocenters. The van der Waals surface area contributed by atoms with Crippen LogP contribution in [0.5, 0.6) is 0 Å². The first-order chi connectivity index (χ1) is 21.8. The van der Waals surface area contributed by atoms with Crippen LogP contribution in [0.2, 0.25) is 0 Å². The zero-order chi connectivity index (χ0) is 31.9. The molecule has 0 aliphatic heterocycles. The lowest BCUT2D eigenvalue weighted by atomic mass is 10.5. The van der Waals surface area contributed by atoms with E-state index in [9.17, 15) is 4.79 Å². The van der Waals surface area contributed by atoms with Gasteiger partial charge in [-0.25, -0.2) is 0 Å². The molecule has 15 nitrogen and oxygen atoms in total. The minimum atomic E-state index is -0.873. The molecular formula is C29H59NO14. The summed E-state index contributed by atoms with van der Waals surface area (Å²) >= 11 is 0. The topological polar surface area (TPSA) is 160 Å². The van der Waals surface area contributed by atoms with Crippen LogP contribution >= 0.6 is 0 Å². The third-order valence-electron chi connectivity index (χ3n) is 5.23. The summed E-state index contributed by atoms with van der Waals surface area (Å²) in [6.07, 6.45) is -0.00151. The number of rotatable bonds is 40. The van der Waals surface area contributed by atoms with Crippen molar-refractivity contribution in [3.8, 4) is 0 Å². The zero-order valence-electron chi connectivity index (χ0n) is 26.8. The van der Waals surface area contributed by atoms with Crippen molar-refractivity contribution in [2.75, 3.05) is 172 Å². The van der Waals surface area contributed by atoms with Crippen LogP contribution in [-0.2, 0) is 61.6 Å². The molecule has 0 aliphatic rings. The van der Waals surface area contributed by atoms with Crippen molar-refractivity contribution in [1.29, 1.82) is 0 Å².